The molecule has 0 aliphatic carbocycles. The highest BCUT2D eigenvalue weighted by Crippen LogP contribution is 2.28. The molecule has 0 fully saturated rings. The zero-order valence-corrected chi connectivity index (χ0v) is 13.7. The van der Waals surface area contributed by atoms with Crippen LogP contribution in [0.2, 0.25) is 0 Å². The van der Waals surface area contributed by atoms with Gasteiger partial charge in [0.1, 0.15) is 12.4 Å². The number of nitrogens with zero attached hydrogens (tertiary/aromatic N) is 1. The van der Waals surface area contributed by atoms with Gasteiger partial charge in [-0.25, -0.2) is 0 Å². The highest BCUT2D eigenvalue weighted by Gasteiger charge is 2.21. The first-order valence-electron chi connectivity index (χ1n) is 7.56. The van der Waals surface area contributed by atoms with Crippen LogP contribution in [0.1, 0.15) is 6.92 Å². The molecule has 0 bridgehead atoms. The molecule has 0 saturated carbocycles. The summed E-state index contributed by atoms with van der Waals surface area (Å²) in [5, 5.41) is 13.7. The van der Waals surface area contributed by atoms with E-state index in [2.05, 4.69) is 11.9 Å². The molecule has 25 heavy (non-hydrogen) atoms. The van der Waals surface area contributed by atoms with Crippen molar-refractivity contribution in [2.24, 2.45) is 0 Å². The second-order valence-corrected chi connectivity index (χ2v) is 5.07. The minimum absolute atomic E-state index is 0.0337. The average molecular weight is 342 g/mol. The Labute approximate surface area is 145 Å². The SMILES string of the molecule is C=CCOc1ccccc1NC(=O)C(C)Oc1ccccc1[N+](=O)[O-]. The summed E-state index contributed by atoms with van der Waals surface area (Å²) < 4.78 is 10.9. The van der Waals surface area contributed by atoms with E-state index in [-0.39, 0.29) is 11.4 Å². The molecule has 2 rings (SSSR count). The van der Waals surface area contributed by atoms with Crippen LogP contribution in [-0.4, -0.2) is 23.5 Å². The number of benzene rings is 2. The number of ether oxygens (including phenoxy) is 2. The van der Waals surface area contributed by atoms with Crippen molar-refractivity contribution in [1.29, 1.82) is 0 Å². The number of anilines is 1. The largest absolute Gasteiger partial charge is 0.487 e. The van der Waals surface area contributed by atoms with E-state index < -0.39 is 16.9 Å². The maximum absolute atomic E-state index is 12.3. The van der Waals surface area contributed by atoms with Crippen LogP contribution in [0.3, 0.4) is 0 Å². The maximum atomic E-state index is 12.3. The fraction of sp³-hybridized carbons (Fsp3) is 0.167. The summed E-state index contributed by atoms with van der Waals surface area (Å²) in [4.78, 5) is 22.8. The van der Waals surface area contributed by atoms with Gasteiger partial charge in [-0.15, -0.1) is 0 Å². The Hall–Kier alpha value is -3.35. The lowest BCUT2D eigenvalue weighted by Crippen LogP contribution is -2.30. The van der Waals surface area contributed by atoms with Crippen LogP contribution < -0.4 is 14.8 Å². The summed E-state index contributed by atoms with van der Waals surface area (Å²) in [6, 6.07) is 12.8. The quantitative estimate of drug-likeness (QED) is 0.450. The number of carbonyl (C=O) groups excluding carboxylic acids is 1. The van der Waals surface area contributed by atoms with Gasteiger partial charge in [0.2, 0.25) is 0 Å². The molecular weight excluding hydrogens is 324 g/mol. The second kappa shape index (κ2) is 8.49. The molecule has 1 unspecified atom stereocenters. The van der Waals surface area contributed by atoms with Crippen molar-refractivity contribution in [1.82, 2.24) is 0 Å². The molecular formula is C18H18N2O5. The number of hydrogen-bond donors (Lipinski definition) is 1. The molecule has 0 aromatic heterocycles. The first-order valence-corrected chi connectivity index (χ1v) is 7.56. The first kappa shape index (κ1) is 18.0. The number of para-hydroxylation sites is 4. The number of nitro benzene ring substituents is 1. The normalized spacial score (nSPS) is 11.2. The minimum Gasteiger partial charge on any atom is -0.487 e. The smallest absolute Gasteiger partial charge is 0.310 e. The van der Waals surface area contributed by atoms with E-state index >= 15 is 0 Å². The molecule has 1 amide bonds. The third kappa shape index (κ3) is 4.81. The van der Waals surface area contributed by atoms with Gasteiger partial charge in [0.05, 0.1) is 10.6 Å². The predicted molar refractivity (Wildman–Crippen MR) is 94.0 cm³/mol. The topological polar surface area (TPSA) is 90.7 Å². The summed E-state index contributed by atoms with van der Waals surface area (Å²) in [7, 11) is 0. The Kier molecular flexibility index (Phi) is 6.11. The molecule has 0 heterocycles. The Bertz CT molecular complexity index is 776. The summed E-state index contributed by atoms with van der Waals surface area (Å²) in [5.41, 5.74) is 0.282. The fourth-order valence-electron chi connectivity index (χ4n) is 2.03. The van der Waals surface area contributed by atoms with E-state index in [4.69, 9.17) is 9.47 Å². The highest BCUT2D eigenvalue weighted by molar-refractivity contribution is 5.95. The van der Waals surface area contributed by atoms with Crippen molar-refractivity contribution < 1.29 is 19.2 Å². The van der Waals surface area contributed by atoms with E-state index in [9.17, 15) is 14.9 Å². The molecule has 0 spiro atoms. The predicted octanol–water partition coefficient (Wildman–Crippen LogP) is 3.57. The lowest BCUT2D eigenvalue weighted by atomic mass is 10.2. The van der Waals surface area contributed by atoms with Crippen molar-refractivity contribution in [3.8, 4) is 11.5 Å². The molecule has 7 nitrogen and oxygen atoms in total. The van der Waals surface area contributed by atoms with Gasteiger partial charge in [-0.05, 0) is 25.1 Å². The fourth-order valence-corrected chi connectivity index (χ4v) is 2.03. The third-order valence-electron chi connectivity index (χ3n) is 3.24. The van der Waals surface area contributed by atoms with Gasteiger partial charge in [-0.3, -0.25) is 14.9 Å². The lowest BCUT2D eigenvalue weighted by molar-refractivity contribution is -0.386. The second-order valence-electron chi connectivity index (χ2n) is 5.07. The maximum Gasteiger partial charge on any atom is 0.310 e. The van der Waals surface area contributed by atoms with Gasteiger partial charge in [0.25, 0.3) is 5.91 Å². The molecule has 130 valence electrons. The molecule has 0 saturated heterocycles. The molecule has 0 aliphatic heterocycles. The van der Waals surface area contributed by atoms with Crippen molar-refractivity contribution >= 4 is 17.3 Å². The summed E-state index contributed by atoms with van der Waals surface area (Å²) >= 11 is 0. The number of rotatable bonds is 8. The van der Waals surface area contributed by atoms with Crippen LogP contribution in [0.5, 0.6) is 11.5 Å². The zero-order valence-electron chi connectivity index (χ0n) is 13.7. The van der Waals surface area contributed by atoms with Crippen molar-refractivity contribution in [2.75, 3.05) is 11.9 Å². The number of nitro groups is 1. The Balaban J connectivity index is 2.09. The summed E-state index contributed by atoms with van der Waals surface area (Å²) in [5.74, 6) is 0.0767. The molecule has 7 heteroatoms. The number of nitrogens with one attached hydrogen (secondary N) is 1. The van der Waals surface area contributed by atoms with Crippen molar-refractivity contribution in [3.05, 3.63) is 71.3 Å². The molecule has 0 aliphatic rings. The number of hydrogen-bond acceptors (Lipinski definition) is 5. The number of carbonyl (C=O) groups is 1. The summed E-state index contributed by atoms with van der Waals surface area (Å²) in [6.45, 7) is 5.39. The highest BCUT2D eigenvalue weighted by atomic mass is 16.6. The third-order valence-corrected chi connectivity index (χ3v) is 3.24. The van der Waals surface area contributed by atoms with Crippen LogP contribution in [0.15, 0.2) is 61.2 Å². The van der Waals surface area contributed by atoms with Crippen molar-refractivity contribution in [2.45, 2.75) is 13.0 Å². The van der Waals surface area contributed by atoms with Gasteiger partial charge in [-0.2, -0.15) is 0 Å². The van der Waals surface area contributed by atoms with E-state index in [0.29, 0.717) is 18.0 Å². The Morgan fingerprint density at radius 2 is 1.88 bits per heavy atom. The molecule has 0 radical (unpaired) electrons. The Morgan fingerprint density at radius 3 is 2.56 bits per heavy atom. The van der Waals surface area contributed by atoms with E-state index in [1.54, 1.807) is 36.4 Å². The van der Waals surface area contributed by atoms with Crippen LogP contribution in [-0.2, 0) is 4.79 Å². The van der Waals surface area contributed by atoms with Crippen LogP contribution in [0.4, 0.5) is 11.4 Å². The van der Waals surface area contributed by atoms with Gasteiger partial charge >= 0.3 is 5.69 Å². The van der Waals surface area contributed by atoms with Gasteiger partial charge in [0.15, 0.2) is 11.9 Å². The van der Waals surface area contributed by atoms with Crippen LogP contribution in [0.25, 0.3) is 0 Å². The number of amides is 1. The summed E-state index contributed by atoms with van der Waals surface area (Å²) in [6.07, 6.45) is 0.660. The van der Waals surface area contributed by atoms with Crippen LogP contribution >= 0.6 is 0 Å². The average Bonchev–Trinajstić information content (AvgIpc) is 2.61. The first-order chi connectivity index (χ1) is 12.0. The molecule has 2 aromatic carbocycles. The zero-order chi connectivity index (χ0) is 18.2. The Morgan fingerprint density at radius 1 is 1.24 bits per heavy atom. The van der Waals surface area contributed by atoms with E-state index in [1.807, 2.05) is 0 Å². The standard InChI is InChI=1S/C18H18N2O5/c1-3-12-24-16-10-6-4-8-14(16)19-18(21)13(2)25-17-11-7-5-9-15(17)20(22)23/h3-11,13H,1,12H2,2H3,(H,19,21). The molecule has 1 N–H and O–H groups in total. The minimum atomic E-state index is -0.937. The van der Waals surface area contributed by atoms with E-state index in [1.165, 1.54) is 25.1 Å². The van der Waals surface area contributed by atoms with Crippen LogP contribution in [0, 0.1) is 10.1 Å². The molecule has 1 atom stereocenters. The van der Waals surface area contributed by atoms with Gasteiger partial charge in [-0.1, -0.05) is 36.9 Å². The lowest BCUT2D eigenvalue weighted by Gasteiger charge is -2.16. The molecule has 2 aromatic rings. The van der Waals surface area contributed by atoms with E-state index in [0.717, 1.165) is 0 Å². The van der Waals surface area contributed by atoms with Crippen molar-refractivity contribution in [3.63, 3.8) is 0 Å². The van der Waals surface area contributed by atoms with Gasteiger partial charge in [0, 0.05) is 6.07 Å². The van der Waals surface area contributed by atoms with Gasteiger partial charge < -0.3 is 14.8 Å². The monoisotopic (exact) mass is 342 g/mol.